The zero-order valence-corrected chi connectivity index (χ0v) is 13.7. The molecule has 0 saturated heterocycles. The van der Waals surface area contributed by atoms with Crippen LogP contribution in [0.3, 0.4) is 0 Å². The van der Waals surface area contributed by atoms with Crippen LogP contribution in [0.15, 0.2) is 41.4 Å². The average Bonchev–Trinajstić information content (AvgIpc) is 2.54. The van der Waals surface area contributed by atoms with Crippen LogP contribution in [0.5, 0.6) is 0 Å². The molecule has 8 heteroatoms. The van der Waals surface area contributed by atoms with Crippen molar-refractivity contribution in [2.45, 2.75) is 30.2 Å². The van der Waals surface area contributed by atoms with Crippen molar-refractivity contribution in [2.75, 3.05) is 5.73 Å². The monoisotopic (exact) mass is 346 g/mol. The number of nitrogens with one attached hydrogen (secondary N) is 1. The number of carbonyl (C=O) groups is 1. The Morgan fingerprint density at radius 2 is 2.08 bits per heavy atom. The van der Waals surface area contributed by atoms with Gasteiger partial charge >= 0.3 is 0 Å². The molecular weight excluding hydrogens is 328 g/mol. The van der Waals surface area contributed by atoms with E-state index in [-0.39, 0.29) is 28.1 Å². The first-order valence-corrected chi connectivity index (χ1v) is 9.08. The van der Waals surface area contributed by atoms with E-state index < -0.39 is 10.0 Å². The number of aromatic nitrogens is 1. The highest BCUT2D eigenvalue weighted by Crippen LogP contribution is 2.28. The minimum atomic E-state index is -3.86. The molecule has 2 aromatic rings. The predicted octanol–water partition coefficient (Wildman–Crippen LogP) is 1.12. The van der Waals surface area contributed by atoms with Crippen LogP contribution in [-0.4, -0.2) is 19.3 Å². The van der Waals surface area contributed by atoms with E-state index in [1.807, 2.05) is 12.1 Å². The largest absolute Gasteiger partial charge is 0.398 e. The number of fused-ring (bicyclic) bond motifs is 1. The van der Waals surface area contributed by atoms with Gasteiger partial charge in [-0.1, -0.05) is 6.07 Å². The molecule has 0 unspecified atom stereocenters. The molecule has 1 heterocycles. The summed E-state index contributed by atoms with van der Waals surface area (Å²) >= 11 is 0. The van der Waals surface area contributed by atoms with Gasteiger partial charge in [0.15, 0.2) is 0 Å². The molecule has 126 valence electrons. The number of hydrogen-bond donors (Lipinski definition) is 3. The number of benzene rings is 1. The van der Waals surface area contributed by atoms with Gasteiger partial charge in [0.1, 0.15) is 0 Å². The summed E-state index contributed by atoms with van der Waals surface area (Å²) in [5, 5.41) is 7.99. The van der Waals surface area contributed by atoms with Crippen molar-refractivity contribution >= 4 is 21.6 Å². The van der Waals surface area contributed by atoms with E-state index in [0.29, 0.717) is 0 Å². The van der Waals surface area contributed by atoms with E-state index in [9.17, 15) is 13.2 Å². The summed E-state index contributed by atoms with van der Waals surface area (Å²) in [5.74, 6) is -0.364. The van der Waals surface area contributed by atoms with E-state index >= 15 is 0 Å². The van der Waals surface area contributed by atoms with Gasteiger partial charge in [-0.2, -0.15) is 0 Å². The Balaban J connectivity index is 1.84. The zero-order chi connectivity index (χ0) is 17.3. The van der Waals surface area contributed by atoms with Crippen LogP contribution in [0.2, 0.25) is 0 Å². The van der Waals surface area contributed by atoms with Crippen molar-refractivity contribution in [3.8, 4) is 0 Å². The summed E-state index contributed by atoms with van der Waals surface area (Å²) in [6, 6.07) is 7.54. The molecular formula is C16H18N4O3S. The van der Waals surface area contributed by atoms with Crippen LogP contribution in [0.25, 0.3) is 0 Å². The minimum Gasteiger partial charge on any atom is -0.398 e. The number of nitrogens with two attached hydrogens (primary N) is 2. The number of anilines is 1. The molecule has 1 aromatic heterocycles. The second kappa shape index (κ2) is 6.21. The van der Waals surface area contributed by atoms with E-state index in [4.69, 9.17) is 10.9 Å². The van der Waals surface area contributed by atoms with Crippen LogP contribution in [0.4, 0.5) is 5.69 Å². The molecule has 1 aliphatic rings. The first-order valence-electron chi connectivity index (χ1n) is 7.53. The first kappa shape index (κ1) is 16.4. The Morgan fingerprint density at radius 3 is 2.79 bits per heavy atom. The van der Waals surface area contributed by atoms with Gasteiger partial charge in [0.25, 0.3) is 5.91 Å². The number of carbonyl (C=O) groups excluding carboxylic acids is 1. The molecule has 1 aromatic carbocycles. The lowest BCUT2D eigenvalue weighted by atomic mass is 9.91. The zero-order valence-electron chi connectivity index (χ0n) is 12.9. The van der Waals surface area contributed by atoms with Crippen molar-refractivity contribution in [1.82, 2.24) is 10.3 Å². The van der Waals surface area contributed by atoms with Gasteiger partial charge < -0.3 is 11.1 Å². The fourth-order valence-electron chi connectivity index (χ4n) is 2.91. The molecule has 1 aliphatic carbocycles. The van der Waals surface area contributed by atoms with E-state index in [2.05, 4.69) is 10.3 Å². The first-order chi connectivity index (χ1) is 11.4. The quantitative estimate of drug-likeness (QED) is 0.717. The predicted molar refractivity (Wildman–Crippen MR) is 89.6 cm³/mol. The normalized spacial score (nSPS) is 17.1. The molecule has 0 fully saturated rings. The smallest absolute Gasteiger partial charge is 0.253 e. The molecule has 0 radical (unpaired) electrons. The maximum atomic E-state index is 12.5. The lowest BCUT2D eigenvalue weighted by Crippen LogP contribution is -2.32. The van der Waals surface area contributed by atoms with Crippen LogP contribution in [0, 0.1) is 0 Å². The Kier molecular flexibility index (Phi) is 4.25. The summed E-state index contributed by atoms with van der Waals surface area (Å²) in [7, 11) is -3.86. The lowest BCUT2D eigenvalue weighted by molar-refractivity contribution is 0.0932. The number of hydrogen-bond acceptors (Lipinski definition) is 5. The number of amides is 1. The Hall–Kier alpha value is -2.45. The molecule has 24 heavy (non-hydrogen) atoms. The third kappa shape index (κ3) is 3.24. The summed E-state index contributed by atoms with van der Waals surface area (Å²) in [6.45, 7) is 0. The Morgan fingerprint density at radius 1 is 1.29 bits per heavy atom. The van der Waals surface area contributed by atoms with Crippen LogP contribution in [0.1, 0.15) is 40.5 Å². The SMILES string of the molecule is Nc1cc(S(N)(=O)=O)ccc1C(=O)N[C@@H]1CCCc2cccnc21. The molecule has 1 amide bonds. The van der Waals surface area contributed by atoms with E-state index in [1.165, 1.54) is 18.2 Å². The molecule has 0 bridgehead atoms. The summed E-state index contributed by atoms with van der Waals surface area (Å²) in [5.41, 5.74) is 8.10. The number of pyridine rings is 1. The number of sulfonamides is 1. The van der Waals surface area contributed by atoms with Gasteiger partial charge in [-0.3, -0.25) is 9.78 Å². The van der Waals surface area contributed by atoms with Crippen LogP contribution >= 0.6 is 0 Å². The van der Waals surface area contributed by atoms with Crippen molar-refractivity contribution in [2.24, 2.45) is 5.14 Å². The minimum absolute atomic E-state index is 0.0658. The van der Waals surface area contributed by atoms with Gasteiger partial charge in [0.05, 0.1) is 22.2 Å². The van der Waals surface area contributed by atoms with Crippen molar-refractivity contribution < 1.29 is 13.2 Å². The summed E-state index contributed by atoms with van der Waals surface area (Å²) < 4.78 is 22.7. The number of rotatable bonds is 3. The van der Waals surface area contributed by atoms with Crippen LogP contribution < -0.4 is 16.2 Å². The highest BCUT2D eigenvalue weighted by atomic mass is 32.2. The lowest BCUT2D eigenvalue weighted by Gasteiger charge is -2.25. The van der Waals surface area contributed by atoms with Gasteiger partial charge in [0.2, 0.25) is 10.0 Å². The number of nitrogen functional groups attached to an aromatic ring is 1. The van der Waals surface area contributed by atoms with Gasteiger partial charge in [0, 0.05) is 11.9 Å². The molecule has 0 saturated carbocycles. The third-order valence-corrected chi connectivity index (χ3v) is 5.01. The summed E-state index contributed by atoms with van der Waals surface area (Å²) in [6.07, 6.45) is 4.41. The topological polar surface area (TPSA) is 128 Å². The number of nitrogens with zero attached hydrogens (tertiary/aromatic N) is 1. The van der Waals surface area contributed by atoms with Crippen molar-refractivity contribution in [1.29, 1.82) is 0 Å². The molecule has 5 N–H and O–H groups in total. The Labute approximate surface area is 140 Å². The molecule has 1 atom stereocenters. The van der Waals surface area contributed by atoms with E-state index in [1.54, 1.807) is 6.20 Å². The van der Waals surface area contributed by atoms with Crippen molar-refractivity contribution in [3.05, 3.63) is 53.3 Å². The number of primary sulfonamides is 1. The Bertz CT molecular complexity index is 896. The van der Waals surface area contributed by atoms with Gasteiger partial charge in [-0.25, -0.2) is 13.6 Å². The van der Waals surface area contributed by atoms with Gasteiger partial charge in [-0.05, 0) is 49.1 Å². The van der Waals surface area contributed by atoms with Crippen LogP contribution in [-0.2, 0) is 16.4 Å². The van der Waals surface area contributed by atoms with Gasteiger partial charge in [-0.15, -0.1) is 0 Å². The second-order valence-electron chi connectivity index (χ2n) is 5.76. The number of aryl methyl sites for hydroxylation is 1. The molecule has 7 nitrogen and oxygen atoms in total. The maximum absolute atomic E-state index is 12.5. The highest BCUT2D eigenvalue weighted by molar-refractivity contribution is 7.89. The highest BCUT2D eigenvalue weighted by Gasteiger charge is 2.24. The van der Waals surface area contributed by atoms with Crippen molar-refractivity contribution in [3.63, 3.8) is 0 Å². The molecule has 0 aliphatic heterocycles. The molecule has 3 rings (SSSR count). The fraction of sp³-hybridized carbons (Fsp3) is 0.250. The third-order valence-electron chi connectivity index (χ3n) is 4.10. The fourth-order valence-corrected chi connectivity index (χ4v) is 3.46. The second-order valence-corrected chi connectivity index (χ2v) is 7.32. The van der Waals surface area contributed by atoms with E-state index in [0.717, 1.165) is 30.5 Å². The average molecular weight is 346 g/mol. The maximum Gasteiger partial charge on any atom is 0.253 e. The summed E-state index contributed by atoms with van der Waals surface area (Å²) in [4.78, 5) is 16.8. The standard InChI is InChI=1S/C16H18N4O3S/c17-13-9-11(24(18,22)23)6-7-12(13)16(21)20-14-5-1-3-10-4-2-8-19-15(10)14/h2,4,6-9,14H,1,3,5,17H2,(H,20,21)(H2,18,22,23)/t14-/m1/s1. The molecule has 0 spiro atoms.